The van der Waals surface area contributed by atoms with Gasteiger partial charge in [0.25, 0.3) is 0 Å². The minimum absolute atomic E-state index is 0.0321. The fourth-order valence-corrected chi connectivity index (χ4v) is 3.32. The summed E-state index contributed by atoms with van der Waals surface area (Å²) in [5.41, 5.74) is -0.137. The maximum absolute atomic E-state index is 13.2. The number of carboxylic acid groups (broad SMARTS) is 1. The second-order valence-electron chi connectivity index (χ2n) is 6.99. The van der Waals surface area contributed by atoms with Gasteiger partial charge in [0.1, 0.15) is 29.6 Å². The van der Waals surface area contributed by atoms with Gasteiger partial charge in [0.2, 0.25) is 17.5 Å². The number of aliphatic hydroxyl groups is 3. The molecular weight excluding hydrogens is 412 g/mol. The van der Waals surface area contributed by atoms with E-state index in [-0.39, 0.29) is 22.5 Å². The molecule has 1 saturated heterocycles. The number of carbonyl (C=O) groups is 1. The highest BCUT2D eigenvalue weighted by Gasteiger charge is 2.48. The highest BCUT2D eigenvalue weighted by molar-refractivity contribution is 5.83. The predicted molar refractivity (Wildman–Crippen MR) is 105 cm³/mol. The van der Waals surface area contributed by atoms with Crippen molar-refractivity contribution >= 4 is 16.9 Å². The molecule has 0 bridgehead atoms. The van der Waals surface area contributed by atoms with E-state index in [1.54, 1.807) is 30.3 Å². The predicted octanol–water partition coefficient (Wildman–Crippen LogP) is 0.437. The molecule has 162 valence electrons. The molecule has 4 rings (SSSR count). The van der Waals surface area contributed by atoms with E-state index in [9.17, 15) is 35.1 Å². The first-order valence-electron chi connectivity index (χ1n) is 9.22. The van der Waals surface area contributed by atoms with E-state index in [1.165, 1.54) is 18.2 Å². The molecular formula is C21H18O10. The minimum atomic E-state index is -1.91. The Kier molecular flexibility index (Phi) is 5.38. The van der Waals surface area contributed by atoms with Crippen LogP contribution in [0.3, 0.4) is 0 Å². The lowest BCUT2D eigenvalue weighted by Gasteiger charge is -2.38. The Labute approximate surface area is 174 Å². The average molecular weight is 430 g/mol. The summed E-state index contributed by atoms with van der Waals surface area (Å²) in [5.74, 6) is -2.25. The number of phenols is 1. The number of rotatable bonds is 4. The zero-order valence-corrected chi connectivity index (χ0v) is 15.8. The summed E-state index contributed by atoms with van der Waals surface area (Å²) in [6.07, 6.45) is -9.39. The molecule has 0 radical (unpaired) electrons. The van der Waals surface area contributed by atoms with Gasteiger partial charge in [-0.05, 0) is 18.2 Å². The van der Waals surface area contributed by atoms with Crippen molar-refractivity contribution < 1.29 is 44.2 Å². The third kappa shape index (κ3) is 3.73. The fraction of sp³-hybridized carbons (Fsp3) is 0.238. The van der Waals surface area contributed by atoms with Crippen LogP contribution in [0, 0.1) is 0 Å². The second-order valence-corrected chi connectivity index (χ2v) is 6.99. The standard InChI is InChI=1S/C21H18O10/c22-10-6-7-12-11(8-10)13(23)18(17(29-12)9-4-2-1-3-5-9)30-21-16(26)14(24)15(25)19(31-21)20(27)28/h1-8,14-16,19,21-22,24-26H,(H,27,28)/t14-,15-,16+,19-,21?/m0/s1. The Morgan fingerprint density at radius 1 is 0.968 bits per heavy atom. The van der Waals surface area contributed by atoms with Gasteiger partial charge in [-0.3, -0.25) is 4.79 Å². The summed E-state index contributed by atoms with van der Waals surface area (Å²) < 4.78 is 16.5. The van der Waals surface area contributed by atoms with E-state index in [2.05, 4.69) is 0 Å². The van der Waals surface area contributed by atoms with Crippen LogP contribution in [-0.2, 0) is 9.53 Å². The minimum Gasteiger partial charge on any atom is -0.508 e. The maximum atomic E-state index is 13.2. The molecule has 0 aliphatic carbocycles. The number of hydrogen-bond acceptors (Lipinski definition) is 9. The third-order valence-electron chi connectivity index (χ3n) is 4.92. The SMILES string of the molecule is O=C(O)[C@H]1OC(Oc2c(-c3ccccc3)oc3ccc(O)cc3c2=O)[C@H](O)[C@@H](O)[C@@H]1O. The molecule has 0 amide bonds. The van der Waals surface area contributed by atoms with E-state index >= 15 is 0 Å². The maximum Gasteiger partial charge on any atom is 0.335 e. The van der Waals surface area contributed by atoms with Gasteiger partial charge in [-0.25, -0.2) is 4.79 Å². The number of hydrogen-bond donors (Lipinski definition) is 5. The Hall–Kier alpha value is -3.44. The zero-order chi connectivity index (χ0) is 22.3. The van der Waals surface area contributed by atoms with E-state index in [4.69, 9.17) is 13.9 Å². The molecule has 1 fully saturated rings. The Morgan fingerprint density at radius 2 is 1.68 bits per heavy atom. The van der Waals surface area contributed by atoms with Gasteiger partial charge in [-0.1, -0.05) is 30.3 Å². The van der Waals surface area contributed by atoms with E-state index in [0.717, 1.165) is 0 Å². The Balaban J connectivity index is 1.85. The number of fused-ring (bicyclic) bond motifs is 1. The molecule has 0 spiro atoms. The molecule has 10 nitrogen and oxygen atoms in total. The van der Waals surface area contributed by atoms with Gasteiger partial charge < -0.3 is 39.4 Å². The van der Waals surface area contributed by atoms with Gasteiger partial charge in [-0.2, -0.15) is 0 Å². The first-order valence-corrected chi connectivity index (χ1v) is 9.22. The van der Waals surface area contributed by atoms with Crippen LogP contribution >= 0.6 is 0 Å². The molecule has 31 heavy (non-hydrogen) atoms. The number of aliphatic carboxylic acids is 1. The smallest absolute Gasteiger partial charge is 0.335 e. The summed E-state index contributed by atoms with van der Waals surface area (Å²) in [6.45, 7) is 0. The number of aromatic hydroxyl groups is 1. The van der Waals surface area contributed by atoms with Gasteiger partial charge in [0.05, 0.1) is 5.39 Å². The van der Waals surface area contributed by atoms with Crippen molar-refractivity contribution in [2.24, 2.45) is 0 Å². The van der Waals surface area contributed by atoms with Crippen LogP contribution < -0.4 is 10.2 Å². The van der Waals surface area contributed by atoms with E-state index in [0.29, 0.717) is 5.56 Å². The van der Waals surface area contributed by atoms with Crippen LogP contribution in [0.1, 0.15) is 0 Å². The quantitative estimate of drug-likeness (QED) is 0.392. The number of benzene rings is 2. The molecule has 1 unspecified atom stereocenters. The van der Waals surface area contributed by atoms with Crippen LogP contribution in [0.15, 0.2) is 57.7 Å². The fourth-order valence-electron chi connectivity index (χ4n) is 3.32. The highest BCUT2D eigenvalue weighted by atomic mass is 16.7. The van der Waals surface area contributed by atoms with Crippen LogP contribution in [0.5, 0.6) is 11.5 Å². The highest BCUT2D eigenvalue weighted by Crippen LogP contribution is 2.34. The lowest BCUT2D eigenvalue weighted by molar-refractivity contribution is -0.271. The monoisotopic (exact) mass is 430 g/mol. The van der Waals surface area contributed by atoms with Gasteiger partial charge >= 0.3 is 5.97 Å². The molecule has 10 heteroatoms. The molecule has 3 aromatic rings. The topological polar surface area (TPSA) is 167 Å². The first-order chi connectivity index (χ1) is 14.8. The van der Waals surface area contributed by atoms with Crippen molar-refractivity contribution in [1.82, 2.24) is 0 Å². The molecule has 2 aromatic carbocycles. The second kappa shape index (κ2) is 8.00. The summed E-state index contributed by atoms with van der Waals surface area (Å²) >= 11 is 0. The third-order valence-corrected chi connectivity index (χ3v) is 4.92. The van der Waals surface area contributed by atoms with Crippen molar-refractivity contribution in [3.63, 3.8) is 0 Å². The molecule has 5 atom stereocenters. The van der Waals surface area contributed by atoms with Crippen molar-refractivity contribution in [2.45, 2.75) is 30.7 Å². The normalized spacial score (nSPS) is 26.0. The first kappa shape index (κ1) is 20.8. The van der Waals surface area contributed by atoms with E-state index < -0.39 is 47.9 Å². The molecule has 1 aromatic heterocycles. The van der Waals surface area contributed by atoms with Crippen LogP contribution in [0.2, 0.25) is 0 Å². The summed E-state index contributed by atoms with van der Waals surface area (Å²) in [4.78, 5) is 24.5. The Morgan fingerprint density at radius 3 is 2.35 bits per heavy atom. The van der Waals surface area contributed by atoms with E-state index in [1.807, 2.05) is 0 Å². The number of aliphatic hydroxyl groups excluding tert-OH is 3. The van der Waals surface area contributed by atoms with Crippen molar-refractivity contribution in [3.8, 4) is 22.8 Å². The lowest BCUT2D eigenvalue weighted by atomic mass is 9.99. The zero-order valence-electron chi connectivity index (χ0n) is 15.8. The van der Waals surface area contributed by atoms with Crippen LogP contribution in [0.25, 0.3) is 22.3 Å². The van der Waals surface area contributed by atoms with Crippen molar-refractivity contribution in [1.29, 1.82) is 0 Å². The van der Waals surface area contributed by atoms with Crippen LogP contribution in [-0.4, -0.2) is 62.2 Å². The lowest BCUT2D eigenvalue weighted by Crippen LogP contribution is -2.61. The number of phenolic OH excluding ortho intramolecular Hbond substituents is 1. The Bertz CT molecular complexity index is 1170. The average Bonchev–Trinajstić information content (AvgIpc) is 2.76. The molecule has 1 aliphatic rings. The van der Waals surface area contributed by atoms with Crippen LogP contribution in [0.4, 0.5) is 0 Å². The number of ether oxygens (including phenoxy) is 2. The molecule has 1 aliphatic heterocycles. The van der Waals surface area contributed by atoms with Gasteiger partial charge in [0, 0.05) is 5.56 Å². The summed E-state index contributed by atoms with van der Waals surface area (Å²) in [7, 11) is 0. The largest absolute Gasteiger partial charge is 0.508 e. The van der Waals surface area contributed by atoms with Crippen molar-refractivity contribution in [2.75, 3.05) is 0 Å². The van der Waals surface area contributed by atoms with Gasteiger partial charge in [0.15, 0.2) is 11.9 Å². The summed E-state index contributed by atoms with van der Waals surface area (Å²) in [6, 6.07) is 12.3. The van der Waals surface area contributed by atoms with Gasteiger partial charge in [-0.15, -0.1) is 0 Å². The number of carboxylic acids is 1. The molecule has 2 heterocycles. The molecule has 0 saturated carbocycles. The summed E-state index contributed by atoms with van der Waals surface area (Å²) in [5, 5.41) is 49.0. The van der Waals surface area contributed by atoms with Crippen molar-refractivity contribution in [3.05, 3.63) is 58.8 Å². The molecule has 5 N–H and O–H groups in total.